The molecular weight excluding hydrogens is 407 g/mol. The van der Waals surface area contributed by atoms with E-state index in [-0.39, 0.29) is 5.91 Å². The molecule has 1 atom stereocenters. The minimum atomic E-state index is 0.0391. The van der Waals surface area contributed by atoms with Gasteiger partial charge in [-0.05, 0) is 42.3 Å². The van der Waals surface area contributed by atoms with Crippen molar-refractivity contribution < 1.29 is 4.79 Å². The lowest BCUT2D eigenvalue weighted by molar-refractivity contribution is 0.0734. The van der Waals surface area contributed by atoms with Crippen LogP contribution in [0.1, 0.15) is 22.3 Å². The fraction of sp³-hybridized carbons (Fsp3) is 0.409. The molecule has 0 bridgehead atoms. The highest BCUT2D eigenvalue weighted by molar-refractivity contribution is 6.33. The lowest BCUT2D eigenvalue weighted by atomic mass is 10.1. The smallest absolute Gasteiger partial charge is 0.253 e. The highest BCUT2D eigenvalue weighted by atomic mass is 35.5. The van der Waals surface area contributed by atoms with Crippen LogP contribution < -0.4 is 5.73 Å². The standard InChI is InChI=1S/C22H26Cl2N4O/c23-18-4-1-16(2-5-18)14-26-9-11-27(12-10-26)19-7-8-28(15-19)22(29)17-3-6-20(24)21(25)13-17/h1-6,13,19H,7-12,14-15,25H2/t19-/m0/s1. The molecule has 5 nitrogen and oxygen atoms in total. The van der Waals surface area contributed by atoms with E-state index in [9.17, 15) is 4.79 Å². The Morgan fingerprint density at radius 2 is 1.72 bits per heavy atom. The second-order valence-corrected chi connectivity index (χ2v) is 8.71. The molecule has 2 N–H and O–H groups in total. The molecule has 1 amide bonds. The van der Waals surface area contributed by atoms with E-state index in [1.807, 2.05) is 17.0 Å². The number of nitrogens with two attached hydrogens (primary N) is 1. The fourth-order valence-corrected chi connectivity index (χ4v) is 4.46. The molecule has 7 heteroatoms. The minimum Gasteiger partial charge on any atom is -0.398 e. The molecule has 2 aliphatic rings. The summed E-state index contributed by atoms with van der Waals surface area (Å²) in [5, 5.41) is 1.26. The summed E-state index contributed by atoms with van der Waals surface area (Å²) in [5.41, 5.74) is 8.21. The van der Waals surface area contributed by atoms with Crippen LogP contribution >= 0.6 is 23.2 Å². The Morgan fingerprint density at radius 3 is 2.41 bits per heavy atom. The minimum absolute atomic E-state index is 0.0391. The van der Waals surface area contributed by atoms with Crippen molar-refractivity contribution in [3.05, 3.63) is 63.6 Å². The molecule has 29 heavy (non-hydrogen) atoms. The van der Waals surface area contributed by atoms with Crippen LogP contribution in [0.5, 0.6) is 0 Å². The van der Waals surface area contributed by atoms with Crippen LogP contribution in [0.15, 0.2) is 42.5 Å². The molecule has 2 heterocycles. The van der Waals surface area contributed by atoms with E-state index in [4.69, 9.17) is 28.9 Å². The predicted molar refractivity (Wildman–Crippen MR) is 118 cm³/mol. The van der Waals surface area contributed by atoms with Crippen molar-refractivity contribution >= 4 is 34.8 Å². The van der Waals surface area contributed by atoms with Gasteiger partial charge in [-0.1, -0.05) is 35.3 Å². The monoisotopic (exact) mass is 432 g/mol. The van der Waals surface area contributed by atoms with Crippen LogP contribution in [0.2, 0.25) is 10.0 Å². The maximum atomic E-state index is 12.8. The molecule has 2 aliphatic heterocycles. The van der Waals surface area contributed by atoms with Gasteiger partial charge < -0.3 is 10.6 Å². The topological polar surface area (TPSA) is 52.8 Å². The maximum Gasteiger partial charge on any atom is 0.253 e. The zero-order chi connectivity index (χ0) is 20.4. The van der Waals surface area contributed by atoms with Gasteiger partial charge in [-0.3, -0.25) is 14.6 Å². The Labute approximate surface area is 182 Å². The third-order valence-corrected chi connectivity index (χ3v) is 6.53. The van der Waals surface area contributed by atoms with E-state index in [0.717, 1.165) is 57.3 Å². The molecule has 0 spiro atoms. The van der Waals surface area contributed by atoms with E-state index >= 15 is 0 Å². The zero-order valence-corrected chi connectivity index (χ0v) is 17.9. The van der Waals surface area contributed by atoms with Gasteiger partial charge in [0.15, 0.2) is 0 Å². The van der Waals surface area contributed by atoms with Crippen molar-refractivity contribution in [1.82, 2.24) is 14.7 Å². The maximum absolute atomic E-state index is 12.8. The molecule has 0 unspecified atom stereocenters. The van der Waals surface area contributed by atoms with E-state index < -0.39 is 0 Å². The average Bonchev–Trinajstić information content (AvgIpc) is 3.22. The number of benzene rings is 2. The van der Waals surface area contributed by atoms with Gasteiger partial charge in [-0.2, -0.15) is 0 Å². The van der Waals surface area contributed by atoms with Crippen molar-refractivity contribution in [2.75, 3.05) is 45.0 Å². The number of carbonyl (C=O) groups is 1. The van der Waals surface area contributed by atoms with Crippen LogP contribution in [0.3, 0.4) is 0 Å². The normalized spacial score (nSPS) is 20.9. The highest BCUT2D eigenvalue weighted by Crippen LogP contribution is 2.24. The molecular formula is C22H26Cl2N4O. The number of carbonyl (C=O) groups excluding carboxylic acids is 1. The number of amides is 1. The van der Waals surface area contributed by atoms with Crippen molar-refractivity contribution in [2.45, 2.75) is 19.0 Å². The van der Waals surface area contributed by atoms with Gasteiger partial charge in [-0.25, -0.2) is 0 Å². The van der Waals surface area contributed by atoms with Gasteiger partial charge in [0.1, 0.15) is 0 Å². The number of likely N-dealkylation sites (tertiary alicyclic amines) is 1. The summed E-state index contributed by atoms with van der Waals surface area (Å²) in [4.78, 5) is 19.8. The zero-order valence-electron chi connectivity index (χ0n) is 16.4. The number of hydrogen-bond acceptors (Lipinski definition) is 4. The van der Waals surface area contributed by atoms with E-state index in [2.05, 4.69) is 21.9 Å². The first kappa shape index (κ1) is 20.5. The number of nitrogens with zero attached hydrogens (tertiary/aromatic N) is 3. The Morgan fingerprint density at radius 1 is 1.00 bits per heavy atom. The SMILES string of the molecule is Nc1cc(C(=O)N2CC[C@H](N3CCN(Cc4ccc(Cl)cc4)CC3)C2)ccc1Cl. The summed E-state index contributed by atoms with van der Waals surface area (Å²) < 4.78 is 0. The quantitative estimate of drug-likeness (QED) is 0.749. The Hall–Kier alpha value is -1.79. The summed E-state index contributed by atoms with van der Waals surface area (Å²) in [6.07, 6.45) is 1.02. The van der Waals surface area contributed by atoms with Gasteiger partial charge in [-0.15, -0.1) is 0 Å². The van der Waals surface area contributed by atoms with E-state index in [0.29, 0.717) is 22.3 Å². The molecule has 0 aliphatic carbocycles. The fourth-order valence-electron chi connectivity index (χ4n) is 4.22. The van der Waals surface area contributed by atoms with E-state index in [1.165, 1.54) is 5.56 Å². The predicted octanol–water partition coefficient (Wildman–Crippen LogP) is 3.61. The largest absolute Gasteiger partial charge is 0.398 e. The molecule has 4 rings (SSSR count). The summed E-state index contributed by atoms with van der Waals surface area (Å²) >= 11 is 11.9. The van der Waals surface area contributed by atoms with Crippen LogP contribution in [-0.4, -0.2) is 65.9 Å². The first-order valence-corrected chi connectivity index (χ1v) is 10.8. The van der Waals surface area contributed by atoms with Crippen LogP contribution in [0.4, 0.5) is 5.69 Å². The van der Waals surface area contributed by atoms with Crippen molar-refractivity contribution in [3.8, 4) is 0 Å². The number of hydrogen-bond donors (Lipinski definition) is 1. The van der Waals surface area contributed by atoms with Crippen molar-refractivity contribution in [1.29, 1.82) is 0 Å². The van der Waals surface area contributed by atoms with Gasteiger partial charge in [0, 0.05) is 62.4 Å². The summed E-state index contributed by atoms with van der Waals surface area (Å²) in [5.74, 6) is 0.0391. The van der Waals surface area contributed by atoms with Crippen molar-refractivity contribution in [3.63, 3.8) is 0 Å². The van der Waals surface area contributed by atoms with E-state index in [1.54, 1.807) is 18.2 Å². The molecule has 0 saturated carbocycles. The van der Waals surface area contributed by atoms with Gasteiger partial charge in [0.05, 0.1) is 10.7 Å². The summed E-state index contributed by atoms with van der Waals surface area (Å²) in [6.45, 7) is 6.68. The Balaban J connectivity index is 1.28. The van der Waals surface area contributed by atoms with Gasteiger partial charge in [0.2, 0.25) is 0 Å². The second-order valence-electron chi connectivity index (χ2n) is 7.87. The number of piperazine rings is 1. The van der Waals surface area contributed by atoms with Gasteiger partial charge >= 0.3 is 0 Å². The first-order valence-electron chi connectivity index (χ1n) is 10.0. The van der Waals surface area contributed by atoms with Crippen LogP contribution in [0, 0.1) is 0 Å². The summed E-state index contributed by atoms with van der Waals surface area (Å²) in [6, 6.07) is 13.6. The lowest BCUT2D eigenvalue weighted by Crippen LogP contribution is -2.50. The summed E-state index contributed by atoms with van der Waals surface area (Å²) in [7, 11) is 0. The Kier molecular flexibility index (Phi) is 6.30. The van der Waals surface area contributed by atoms with Gasteiger partial charge in [0.25, 0.3) is 5.91 Å². The molecule has 0 aromatic heterocycles. The van der Waals surface area contributed by atoms with Crippen molar-refractivity contribution in [2.24, 2.45) is 0 Å². The molecule has 2 saturated heterocycles. The number of anilines is 1. The molecule has 2 aromatic carbocycles. The number of halogens is 2. The number of nitrogen functional groups attached to an aromatic ring is 1. The van der Waals surface area contributed by atoms with Crippen LogP contribution in [-0.2, 0) is 6.54 Å². The first-order chi connectivity index (χ1) is 14.0. The second kappa shape index (κ2) is 8.92. The molecule has 154 valence electrons. The Bertz CT molecular complexity index is 866. The molecule has 2 fully saturated rings. The lowest BCUT2D eigenvalue weighted by Gasteiger charge is -2.38. The average molecular weight is 433 g/mol. The third kappa shape index (κ3) is 4.86. The third-order valence-electron chi connectivity index (χ3n) is 5.94. The van der Waals surface area contributed by atoms with Crippen LogP contribution in [0.25, 0.3) is 0 Å². The molecule has 2 aromatic rings. The molecule has 0 radical (unpaired) electrons. The highest BCUT2D eigenvalue weighted by Gasteiger charge is 2.32. The number of rotatable bonds is 4.